The second-order valence-electron chi connectivity index (χ2n) is 5.99. The van der Waals surface area contributed by atoms with Crippen molar-refractivity contribution >= 4 is 11.8 Å². The van der Waals surface area contributed by atoms with E-state index < -0.39 is 0 Å². The van der Waals surface area contributed by atoms with Gasteiger partial charge in [0.15, 0.2) is 0 Å². The molecule has 0 fully saturated rings. The quantitative estimate of drug-likeness (QED) is 0.792. The van der Waals surface area contributed by atoms with Gasteiger partial charge < -0.3 is 5.32 Å². The van der Waals surface area contributed by atoms with Gasteiger partial charge in [-0.05, 0) is 36.2 Å². The van der Waals surface area contributed by atoms with Gasteiger partial charge in [-0.1, -0.05) is 34.6 Å². The summed E-state index contributed by atoms with van der Waals surface area (Å²) in [6.07, 6.45) is 0. The van der Waals surface area contributed by atoms with E-state index in [0.29, 0.717) is 5.92 Å². The van der Waals surface area contributed by atoms with E-state index in [0.717, 1.165) is 18.7 Å². The van der Waals surface area contributed by atoms with E-state index in [1.165, 1.54) is 4.90 Å². The monoisotopic (exact) mass is 269 g/mol. The van der Waals surface area contributed by atoms with Crippen molar-refractivity contribution in [3.63, 3.8) is 0 Å². The number of benzene rings is 1. The largest absolute Gasteiger partial charge is 0.312 e. The number of rotatable bonds is 5. The summed E-state index contributed by atoms with van der Waals surface area (Å²) in [6.45, 7) is 12.5. The second-order valence-corrected chi connectivity index (χ2v) is 7.86. The van der Waals surface area contributed by atoms with Crippen molar-refractivity contribution in [2.24, 2.45) is 5.92 Å². The highest BCUT2D eigenvalue weighted by molar-refractivity contribution is 8.00. The zero-order valence-corrected chi connectivity index (χ0v) is 12.8. The summed E-state index contributed by atoms with van der Waals surface area (Å²) in [7, 11) is 0. The predicted molar refractivity (Wildman–Crippen MR) is 78.6 cm³/mol. The molecule has 1 rings (SSSR count). The van der Waals surface area contributed by atoms with Gasteiger partial charge >= 0.3 is 0 Å². The van der Waals surface area contributed by atoms with Gasteiger partial charge in [-0.25, -0.2) is 4.39 Å². The van der Waals surface area contributed by atoms with Gasteiger partial charge in [-0.2, -0.15) is 0 Å². The van der Waals surface area contributed by atoms with Gasteiger partial charge in [-0.3, -0.25) is 0 Å². The van der Waals surface area contributed by atoms with Crippen LogP contribution in [0.2, 0.25) is 0 Å². The van der Waals surface area contributed by atoms with Crippen molar-refractivity contribution in [1.29, 1.82) is 0 Å². The number of hydrogen-bond acceptors (Lipinski definition) is 2. The van der Waals surface area contributed by atoms with Crippen molar-refractivity contribution in [2.75, 3.05) is 6.54 Å². The van der Waals surface area contributed by atoms with Gasteiger partial charge in [0.1, 0.15) is 5.82 Å². The third-order valence-corrected chi connectivity index (χ3v) is 3.54. The number of thioether (sulfide) groups is 1. The van der Waals surface area contributed by atoms with Crippen molar-refractivity contribution in [2.45, 2.75) is 50.8 Å². The Morgan fingerprint density at radius 2 is 1.94 bits per heavy atom. The summed E-state index contributed by atoms with van der Waals surface area (Å²) in [5, 5.41) is 3.37. The molecule has 1 N–H and O–H groups in total. The Balaban J connectivity index is 2.77. The first kappa shape index (κ1) is 15.5. The fourth-order valence-electron chi connectivity index (χ4n) is 1.61. The molecule has 1 aromatic carbocycles. The first-order chi connectivity index (χ1) is 8.28. The minimum atomic E-state index is -0.158. The molecule has 1 aromatic rings. The average molecular weight is 269 g/mol. The molecule has 1 nitrogen and oxygen atoms in total. The van der Waals surface area contributed by atoms with Crippen LogP contribution in [0.1, 0.15) is 40.2 Å². The predicted octanol–water partition coefficient (Wildman–Crippen LogP) is 4.46. The summed E-state index contributed by atoms with van der Waals surface area (Å²) >= 11 is 1.79. The molecule has 0 bridgehead atoms. The van der Waals surface area contributed by atoms with Crippen molar-refractivity contribution in [3.05, 3.63) is 29.6 Å². The second kappa shape index (κ2) is 6.58. The maximum absolute atomic E-state index is 13.3. The van der Waals surface area contributed by atoms with Crippen LogP contribution in [0.25, 0.3) is 0 Å². The van der Waals surface area contributed by atoms with Crippen molar-refractivity contribution in [1.82, 2.24) is 5.32 Å². The minimum absolute atomic E-state index is 0.143. The van der Waals surface area contributed by atoms with Crippen LogP contribution in [0.4, 0.5) is 4.39 Å². The molecule has 0 saturated heterocycles. The zero-order chi connectivity index (χ0) is 13.8. The van der Waals surface area contributed by atoms with Crippen molar-refractivity contribution in [3.8, 4) is 0 Å². The lowest BCUT2D eigenvalue weighted by molar-refractivity contribution is 0.547. The summed E-state index contributed by atoms with van der Waals surface area (Å²) in [5.41, 5.74) is 1.05. The fourth-order valence-corrected chi connectivity index (χ4v) is 2.67. The zero-order valence-electron chi connectivity index (χ0n) is 12.0. The van der Waals surface area contributed by atoms with E-state index in [1.54, 1.807) is 23.9 Å². The van der Waals surface area contributed by atoms with Gasteiger partial charge in [0.05, 0.1) is 0 Å². The van der Waals surface area contributed by atoms with Crippen LogP contribution in [0.3, 0.4) is 0 Å². The normalized spacial score (nSPS) is 12.2. The Morgan fingerprint density at radius 1 is 1.28 bits per heavy atom. The maximum Gasteiger partial charge on any atom is 0.123 e. The van der Waals surface area contributed by atoms with Crippen LogP contribution < -0.4 is 5.32 Å². The Labute approximate surface area is 115 Å². The molecule has 0 spiro atoms. The molecule has 0 radical (unpaired) electrons. The van der Waals surface area contributed by atoms with E-state index in [-0.39, 0.29) is 10.6 Å². The SMILES string of the molecule is CC(C)CNCc1cc(F)ccc1SC(C)(C)C. The number of halogens is 1. The Kier molecular flexibility index (Phi) is 5.67. The molecular formula is C15H24FNS. The molecule has 3 heteroatoms. The molecule has 0 aliphatic rings. The first-order valence-corrected chi connectivity index (χ1v) is 7.28. The van der Waals surface area contributed by atoms with Gasteiger partial charge in [0.25, 0.3) is 0 Å². The molecule has 0 heterocycles. The summed E-state index contributed by atoms with van der Waals surface area (Å²) in [4.78, 5) is 1.17. The van der Waals surface area contributed by atoms with E-state index in [9.17, 15) is 4.39 Å². The number of hydrogen-bond donors (Lipinski definition) is 1. The third kappa shape index (κ3) is 5.87. The van der Waals surface area contributed by atoms with E-state index in [2.05, 4.69) is 39.9 Å². The Hall–Kier alpha value is -0.540. The molecule has 0 aliphatic carbocycles. The Bertz CT molecular complexity index is 383. The van der Waals surface area contributed by atoms with Crippen LogP contribution in [-0.2, 0) is 6.54 Å². The molecule has 0 atom stereocenters. The van der Waals surface area contributed by atoms with Crippen LogP contribution in [0, 0.1) is 11.7 Å². The van der Waals surface area contributed by atoms with E-state index in [1.807, 2.05) is 6.07 Å². The standard InChI is InChI=1S/C15H24FNS/c1-11(2)9-17-10-12-8-13(16)6-7-14(12)18-15(3,4)5/h6-8,11,17H,9-10H2,1-5H3. The smallest absolute Gasteiger partial charge is 0.123 e. The third-order valence-electron chi connectivity index (χ3n) is 2.31. The van der Waals surface area contributed by atoms with E-state index >= 15 is 0 Å². The first-order valence-electron chi connectivity index (χ1n) is 6.46. The lowest BCUT2D eigenvalue weighted by Crippen LogP contribution is -2.20. The Morgan fingerprint density at radius 3 is 2.50 bits per heavy atom. The molecular weight excluding hydrogens is 245 g/mol. The van der Waals surface area contributed by atoms with Gasteiger partial charge in [0.2, 0.25) is 0 Å². The highest BCUT2D eigenvalue weighted by atomic mass is 32.2. The lowest BCUT2D eigenvalue weighted by Gasteiger charge is -2.20. The number of nitrogens with one attached hydrogen (secondary N) is 1. The average Bonchev–Trinajstić information content (AvgIpc) is 2.19. The molecule has 0 aromatic heterocycles. The lowest BCUT2D eigenvalue weighted by atomic mass is 10.2. The van der Waals surface area contributed by atoms with Crippen LogP contribution in [-0.4, -0.2) is 11.3 Å². The highest BCUT2D eigenvalue weighted by Gasteiger charge is 2.15. The molecule has 0 unspecified atom stereocenters. The molecule has 0 saturated carbocycles. The van der Waals surface area contributed by atoms with Crippen LogP contribution >= 0.6 is 11.8 Å². The maximum atomic E-state index is 13.3. The van der Waals surface area contributed by atoms with Crippen molar-refractivity contribution < 1.29 is 4.39 Å². The fraction of sp³-hybridized carbons (Fsp3) is 0.600. The molecule has 0 aliphatic heterocycles. The summed E-state index contributed by atoms with van der Waals surface area (Å²) in [6, 6.07) is 5.07. The highest BCUT2D eigenvalue weighted by Crippen LogP contribution is 2.34. The topological polar surface area (TPSA) is 12.0 Å². The molecule has 18 heavy (non-hydrogen) atoms. The van der Waals surface area contributed by atoms with Crippen LogP contribution in [0.15, 0.2) is 23.1 Å². The van der Waals surface area contributed by atoms with E-state index in [4.69, 9.17) is 0 Å². The molecule has 0 amide bonds. The minimum Gasteiger partial charge on any atom is -0.312 e. The van der Waals surface area contributed by atoms with Gasteiger partial charge in [-0.15, -0.1) is 11.8 Å². The van der Waals surface area contributed by atoms with Crippen LogP contribution in [0.5, 0.6) is 0 Å². The molecule has 102 valence electrons. The summed E-state index contributed by atoms with van der Waals surface area (Å²) in [5.74, 6) is 0.451. The van der Waals surface area contributed by atoms with Gasteiger partial charge in [0, 0.05) is 16.2 Å². The summed E-state index contributed by atoms with van der Waals surface area (Å²) < 4.78 is 13.5.